The second-order valence-corrected chi connectivity index (χ2v) is 17.4. The van der Waals surface area contributed by atoms with Gasteiger partial charge in [0.25, 0.3) is 5.91 Å². The molecule has 0 unspecified atom stereocenters. The molecule has 8 nitrogen and oxygen atoms in total. The Labute approximate surface area is 253 Å². The van der Waals surface area contributed by atoms with Crippen molar-refractivity contribution in [1.82, 2.24) is 14.5 Å². The van der Waals surface area contributed by atoms with E-state index in [-0.39, 0.29) is 18.3 Å². The molecule has 0 aliphatic rings. The highest BCUT2D eigenvalue weighted by atomic mass is 32.2. The number of pyridine rings is 1. The number of carbonyl (C=O) groups is 2. The molecule has 0 saturated carbocycles. The third-order valence-corrected chi connectivity index (χ3v) is 8.68. The molecule has 43 heavy (non-hydrogen) atoms. The number of amides is 2. The summed E-state index contributed by atoms with van der Waals surface area (Å²) in [5.41, 5.74) is 1.90. The van der Waals surface area contributed by atoms with Crippen LogP contribution in [0.5, 0.6) is 0 Å². The third kappa shape index (κ3) is 8.12. The number of hydrogen-bond acceptors (Lipinski definition) is 6. The van der Waals surface area contributed by atoms with Gasteiger partial charge in [-0.15, -0.1) is 0 Å². The summed E-state index contributed by atoms with van der Waals surface area (Å²) >= 11 is 1.43. The van der Waals surface area contributed by atoms with Gasteiger partial charge in [-0.2, -0.15) is 0 Å². The minimum atomic E-state index is -1.32. The Morgan fingerprint density at radius 3 is 2.37 bits per heavy atom. The Hall–Kier alpha value is -3.94. The van der Waals surface area contributed by atoms with Gasteiger partial charge in [0.15, 0.2) is 5.16 Å². The van der Waals surface area contributed by atoms with Gasteiger partial charge in [0.2, 0.25) is 5.91 Å². The second kappa shape index (κ2) is 13.6. The van der Waals surface area contributed by atoms with Crippen molar-refractivity contribution in [2.75, 3.05) is 23.5 Å². The number of nitrogens with one attached hydrogen (secondary N) is 2. The maximum absolute atomic E-state index is 14.2. The van der Waals surface area contributed by atoms with Crippen molar-refractivity contribution < 1.29 is 27.5 Å². The monoisotopic (exact) mass is 627 g/mol. The summed E-state index contributed by atoms with van der Waals surface area (Å²) in [6.45, 7) is 9.02. The topological polar surface area (TPSA) is 98.1 Å². The summed E-state index contributed by atoms with van der Waals surface area (Å²) in [5, 5.41) is 5.86. The Morgan fingerprint density at radius 1 is 1.00 bits per heavy atom. The summed E-state index contributed by atoms with van der Waals surface area (Å²) in [7, 11) is -1.32. The van der Waals surface area contributed by atoms with E-state index in [1.807, 2.05) is 10.8 Å². The maximum Gasteiger partial charge on any atom is 0.261 e. The van der Waals surface area contributed by atoms with E-state index in [0.717, 1.165) is 6.04 Å². The van der Waals surface area contributed by atoms with Gasteiger partial charge in [0, 0.05) is 56.7 Å². The number of halogens is 3. The fourth-order valence-electron chi connectivity index (χ4n) is 4.26. The van der Waals surface area contributed by atoms with Crippen molar-refractivity contribution in [3.8, 4) is 22.5 Å². The van der Waals surface area contributed by atoms with Crippen molar-refractivity contribution in [2.24, 2.45) is 0 Å². The highest BCUT2D eigenvalue weighted by molar-refractivity contribution is 7.98. The van der Waals surface area contributed by atoms with Gasteiger partial charge in [-0.3, -0.25) is 14.2 Å². The molecular weight excluding hydrogens is 596 g/mol. The Kier molecular flexibility index (Phi) is 10.1. The number of hydrogen-bond donors (Lipinski definition) is 2. The van der Waals surface area contributed by atoms with Gasteiger partial charge in [0.05, 0.1) is 11.4 Å². The first-order chi connectivity index (χ1) is 20.4. The smallest absolute Gasteiger partial charge is 0.261 e. The first-order valence-electron chi connectivity index (χ1n) is 13.4. The van der Waals surface area contributed by atoms with E-state index in [4.69, 9.17) is 9.72 Å². The van der Waals surface area contributed by atoms with Gasteiger partial charge in [-0.1, -0.05) is 43.5 Å². The number of thioether (sulfide) groups is 1. The van der Waals surface area contributed by atoms with Crippen LogP contribution in [0.1, 0.15) is 17.3 Å². The minimum Gasteiger partial charge on any atom is -0.361 e. The van der Waals surface area contributed by atoms with Crippen LogP contribution in [0.3, 0.4) is 0 Å². The summed E-state index contributed by atoms with van der Waals surface area (Å²) < 4.78 is 49.9. The highest BCUT2D eigenvalue weighted by Crippen LogP contribution is 2.37. The summed E-state index contributed by atoms with van der Waals surface area (Å²) in [6, 6.07) is 12.1. The van der Waals surface area contributed by atoms with E-state index in [1.54, 1.807) is 42.6 Å². The number of carbonyl (C=O) groups excluding carboxylic acids is 2. The molecule has 0 bridgehead atoms. The van der Waals surface area contributed by atoms with Crippen LogP contribution in [0.4, 0.5) is 24.7 Å². The molecule has 0 spiro atoms. The lowest BCUT2D eigenvalue weighted by Crippen LogP contribution is -2.22. The average molecular weight is 628 g/mol. The second-order valence-electron chi connectivity index (χ2n) is 11.0. The summed E-state index contributed by atoms with van der Waals surface area (Å²) in [5.74, 6) is -4.71. The van der Waals surface area contributed by atoms with E-state index in [2.05, 4.69) is 35.3 Å². The van der Waals surface area contributed by atoms with Crippen LogP contribution in [-0.4, -0.2) is 47.3 Å². The van der Waals surface area contributed by atoms with Crippen LogP contribution in [0.15, 0.2) is 59.9 Å². The van der Waals surface area contributed by atoms with Crippen LogP contribution >= 0.6 is 11.8 Å². The van der Waals surface area contributed by atoms with Crippen molar-refractivity contribution in [3.05, 3.63) is 77.7 Å². The number of benzene rings is 2. The normalized spacial score (nSPS) is 11.4. The largest absolute Gasteiger partial charge is 0.361 e. The molecule has 2 aromatic heterocycles. The molecule has 4 rings (SSSR count). The minimum absolute atomic E-state index is 0.223. The number of rotatable bonds is 11. The van der Waals surface area contributed by atoms with E-state index in [9.17, 15) is 22.8 Å². The lowest BCUT2D eigenvalue weighted by molar-refractivity contribution is -0.114. The SMILES string of the molecule is CSc1nc(-c2cccc(NC(=O)c3c(F)cc(F)cc3F)c2)c(-c2ccnc(NC(C)=O)c2)n1COCC[Si](C)(C)C. The summed E-state index contributed by atoms with van der Waals surface area (Å²) in [4.78, 5) is 33.6. The molecule has 2 aromatic carbocycles. The van der Waals surface area contributed by atoms with Crippen molar-refractivity contribution in [3.63, 3.8) is 0 Å². The molecular formula is C30H32F3N5O3SSi. The molecule has 0 fully saturated rings. The molecule has 0 aliphatic carbocycles. The molecule has 2 N–H and O–H groups in total. The van der Waals surface area contributed by atoms with Gasteiger partial charge >= 0.3 is 0 Å². The number of ether oxygens (including phenoxy) is 1. The van der Waals surface area contributed by atoms with Crippen LogP contribution in [0.2, 0.25) is 25.7 Å². The van der Waals surface area contributed by atoms with Crippen LogP contribution in [-0.2, 0) is 16.3 Å². The molecule has 4 aromatic rings. The van der Waals surface area contributed by atoms with E-state index >= 15 is 0 Å². The van der Waals surface area contributed by atoms with Crippen molar-refractivity contribution in [1.29, 1.82) is 0 Å². The van der Waals surface area contributed by atoms with Gasteiger partial charge in [-0.25, -0.2) is 23.1 Å². The van der Waals surface area contributed by atoms with E-state index in [1.165, 1.54) is 18.7 Å². The molecule has 226 valence electrons. The number of nitrogens with zero attached hydrogens (tertiary/aromatic N) is 3. The number of imidazole rings is 1. The molecule has 13 heteroatoms. The first kappa shape index (κ1) is 32.0. The van der Waals surface area contributed by atoms with Crippen LogP contribution in [0, 0.1) is 17.5 Å². The van der Waals surface area contributed by atoms with Gasteiger partial charge in [0.1, 0.15) is 35.6 Å². The predicted molar refractivity (Wildman–Crippen MR) is 165 cm³/mol. The van der Waals surface area contributed by atoms with E-state index in [0.29, 0.717) is 52.2 Å². The first-order valence-corrected chi connectivity index (χ1v) is 18.3. The lowest BCUT2D eigenvalue weighted by Gasteiger charge is -2.17. The van der Waals surface area contributed by atoms with Crippen LogP contribution < -0.4 is 10.6 Å². The van der Waals surface area contributed by atoms with Crippen molar-refractivity contribution in [2.45, 2.75) is 44.5 Å². The molecule has 0 saturated heterocycles. The Balaban J connectivity index is 1.76. The lowest BCUT2D eigenvalue weighted by atomic mass is 10.0. The van der Waals surface area contributed by atoms with E-state index < -0.39 is 37.0 Å². The quantitative estimate of drug-likeness (QED) is 0.103. The zero-order valence-electron chi connectivity index (χ0n) is 24.4. The maximum atomic E-state index is 14.2. The standard InChI is InChI=1S/C30H32F3N5O3SSi/c1-18(39)35-25-14-20(9-10-34-25)28-27(37-30(42-2)38(28)17-41-11-12-43(3,4)5)19-7-6-8-22(13-19)36-29(40)26-23(32)15-21(31)16-24(26)33/h6-10,13-16H,11-12,17H2,1-5H3,(H,36,40)(H,34,35,39). The molecule has 0 aliphatic heterocycles. The predicted octanol–water partition coefficient (Wildman–Crippen LogP) is 7.27. The van der Waals surface area contributed by atoms with Gasteiger partial charge < -0.3 is 15.4 Å². The molecule has 2 amide bonds. The summed E-state index contributed by atoms with van der Waals surface area (Å²) in [6.07, 6.45) is 3.47. The Bertz CT molecular complexity index is 1640. The fourth-order valence-corrected chi connectivity index (χ4v) is 5.56. The zero-order valence-corrected chi connectivity index (χ0v) is 26.2. The fraction of sp³-hybridized carbons (Fsp3) is 0.267. The number of aromatic nitrogens is 3. The molecule has 0 atom stereocenters. The Morgan fingerprint density at radius 2 is 1.72 bits per heavy atom. The number of anilines is 2. The average Bonchev–Trinajstić information content (AvgIpc) is 3.28. The van der Waals surface area contributed by atoms with Crippen molar-refractivity contribution >= 4 is 43.2 Å². The van der Waals surface area contributed by atoms with Gasteiger partial charge in [-0.05, 0) is 36.6 Å². The third-order valence-electron chi connectivity index (χ3n) is 6.30. The molecule has 2 heterocycles. The van der Waals surface area contributed by atoms with Crippen LogP contribution in [0.25, 0.3) is 22.5 Å². The molecule has 0 radical (unpaired) electrons. The highest BCUT2D eigenvalue weighted by Gasteiger charge is 2.23. The zero-order chi connectivity index (χ0) is 31.3.